The summed E-state index contributed by atoms with van der Waals surface area (Å²) in [5.74, 6) is 1.54. The van der Waals surface area contributed by atoms with Gasteiger partial charge < -0.3 is 5.32 Å². The summed E-state index contributed by atoms with van der Waals surface area (Å²) in [5, 5.41) is 6.02. The van der Waals surface area contributed by atoms with E-state index in [-0.39, 0.29) is 10.7 Å². The van der Waals surface area contributed by atoms with Gasteiger partial charge in [0.1, 0.15) is 11.6 Å². The zero-order valence-electron chi connectivity index (χ0n) is 10.4. The minimum absolute atomic E-state index is 0.231. The van der Waals surface area contributed by atoms with Crippen LogP contribution >= 0.6 is 23.4 Å². The van der Waals surface area contributed by atoms with Crippen LogP contribution in [0.2, 0.25) is 5.02 Å². The van der Waals surface area contributed by atoms with Gasteiger partial charge in [0, 0.05) is 18.1 Å². The van der Waals surface area contributed by atoms with E-state index in [0.717, 1.165) is 17.7 Å². The lowest BCUT2D eigenvalue weighted by Gasteiger charge is -2.11. The van der Waals surface area contributed by atoms with E-state index in [0.29, 0.717) is 11.2 Å². The number of nitrogens with one attached hydrogen (secondary N) is 1. The van der Waals surface area contributed by atoms with Gasteiger partial charge in [0.2, 0.25) is 0 Å². The van der Waals surface area contributed by atoms with Gasteiger partial charge in [0.25, 0.3) is 5.56 Å². The number of hydrogen-bond acceptors (Lipinski definition) is 4. The number of thioether (sulfide) groups is 1. The normalized spacial score (nSPS) is 11.4. The van der Waals surface area contributed by atoms with E-state index in [9.17, 15) is 18.0 Å². The highest BCUT2D eigenvalue weighted by atomic mass is 35.5. The fourth-order valence-electron chi connectivity index (χ4n) is 1.30. The second kappa shape index (κ2) is 7.58. The van der Waals surface area contributed by atoms with E-state index < -0.39 is 18.3 Å². The van der Waals surface area contributed by atoms with Gasteiger partial charge in [-0.3, -0.25) is 4.79 Å². The molecule has 0 atom stereocenters. The smallest absolute Gasteiger partial charge is 0.382 e. The standard InChI is InChI=1S/C11H13ClF3N3OS/c1-2-4-20-5-3-16-8-6-17-18(7-11(13,14)15)10(19)9(8)12/h2,6,16H,1,3-5,7H2. The molecule has 1 aromatic heterocycles. The quantitative estimate of drug-likeness (QED) is 0.618. The van der Waals surface area contributed by atoms with Crippen LogP contribution in [-0.4, -0.2) is 34.0 Å². The molecule has 0 fully saturated rings. The highest BCUT2D eigenvalue weighted by molar-refractivity contribution is 7.99. The summed E-state index contributed by atoms with van der Waals surface area (Å²) in [4.78, 5) is 11.6. The first-order chi connectivity index (χ1) is 9.35. The SMILES string of the molecule is C=CCSCCNc1cnn(CC(F)(F)F)c(=O)c1Cl. The first-order valence-electron chi connectivity index (χ1n) is 5.60. The van der Waals surface area contributed by atoms with Crippen LogP contribution in [0.4, 0.5) is 18.9 Å². The van der Waals surface area contributed by atoms with Crippen molar-refractivity contribution in [2.45, 2.75) is 12.7 Å². The summed E-state index contributed by atoms with van der Waals surface area (Å²) in [6.45, 7) is 2.63. The Morgan fingerprint density at radius 2 is 2.25 bits per heavy atom. The molecule has 112 valence electrons. The third kappa shape index (κ3) is 5.46. The number of alkyl halides is 3. The Balaban J connectivity index is 2.69. The maximum absolute atomic E-state index is 12.2. The molecule has 0 aromatic carbocycles. The maximum Gasteiger partial charge on any atom is 0.408 e. The van der Waals surface area contributed by atoms with Gasteiger partial charge in [-0.05, 0) is 0 Å². The van der Waals surface area contributed by atoms with Crippen molar-refractivity contribution in [1.29, 1.82) is 0 Å². The summed E-state index contributed by atoms with van der Waals surface area (Å²) in [5.41, 5.74) is -0.734. The van der Waals surface area contributed by atoms with Gasteiger partial charge in [0.15, 0.2) is 0 Å². The summed E-state index contributed by atoms with van der Waals surface area (Å²) >= 11 is 7.36. The monoisotopic (exact) mass is 327 g/mol. The average molecular weight is 328 g/mol. The van der Waals surface area contributed by atoms with Gasteiger partial charge >= 0.3 is 6.18 Å². The molecule has 1 N–H and O–H groups in total. The minimum Gasteiger partial charge on any atom is -0.382 e. The van der Waals surface area contributed by atoms with Crippen molar-refractivity contribution < 1.29 is 13.2 Å². The van der Waals surface area contributed by atoms with E-state index in [1.165, 1.54) is 0 Å². The molecule has 0 radical (unpaired) electrons. The molecule has 0 bridgehead atoms. The molecule has 4 nitrogen and oxygen atoms in total. The summed E-state index contributed by atoms with van der Waals surface area (Å²) in [6, 6.07) is 0. The molecule has 9 heteroatoms. The molecule has 0 unspecified atom stereocenters. The van der Waals surface area contributed by atoms with Crippen molar-refractivity contribution in [2.24, 2.45) is 0 Å². The van der Waals surface area contributed by atoms with Crippen molar-refractivity contribution in [2.75, 3.05) is 23.4 Å². The zero-order chi connectivity index (χ0) is 15.2. The summed E-state index contributed by atoms with van der Waals surface area (Å²) in [6.07, 6.45) is -1.64. The van der Waals surface area contributed by atoms with Crippen LogP contribution in [0.15, 0.2) is 23.6 Å². The molecule has 0 aliphatic rings. The van der Waals surface area contributed by atoms with Crippen molar-refractivity contribution in [3.05, 3.63) is 34.2 Å². The molecule has 0 amide bonds. The fraction of sp³-hybridized carbons (Fsp3) is 0.455. The molecule has 1 aromatic rings. The van der Waals surface area contributed by atoms with E-state index in [2.05, 4.69) is 17.0 Å². The molecule has 0 spiro atoms. The second-order valence-electron chi connectivity index (χ2n) is 3.74. The molecule has 1 heterocycles. The lowest BCUT2D eigenvalue weighted by Crippen LogP contribution is -2.31. The summed E-state index contributed by atoms with van der Waals surface area (Å²) < 4.78 is 36.9. The Hall–Kier alpha value is -1.15. The van der Waals surface area contributed by atoms with Crippen LogP contribution in [0.5, 0.6) is 0 Å². The lowest BCUT2D eigenvalue weighted by atomic mass is 10.4. The Kier molecular flexibility index (Phi) is 6.41. The average Bonchev–Trinajstić information content (AvgIpc) is 2.36. The van der Waals surface area contributed by atoms with Gasteiger partial charge in [0.05, 0.1) is 11.9 Å². The van der Waals surface area contributed by atoms with Crippen LogP contribution in [0, 0.1) is 0 Å². The molecular weight excluding hydrogens is 315 g/mol. The van der Waals surface area contributed by atoms with E-state index >= 15 is 0 Å². The fourth-order valence-corrected chi connectivity index (χ4v) is 2.09. The molecule has 0 saturated heterocycles. The predicted octanol–water partition coefficient (Wildman–Crippen LogP) is 2.79. The highest BCUT2D eigenvalue weighted by Crippen LogP contribution is 2.19. The van der Waals surface area contributed by atoms with Crippen molar-refractivity contribution >= 4 is 29.1 Å². The Bertz CT molecular complexity index is 519. The van der Waals surface area contributed by atoms with Crippen molar-refractivity contribution in [3.8, 4) is 0 Å². The molecule has 20 heavy (non-hydrogen) atoms. The Labute approximate surface area is 123 Å². The van der Waals surface area contributed by atoms with E-state index in [4.69, 9.17) is 11.6 Å². The number of anilines is 1. The first-order valence-corrected chi connectivity index (χ1v) is 7.13. The van der Waals surface area contributed by atoms with Gasteiger partial charge in [-0.1, -0.05) is 17.7 Å². The van der Waals surface area contributed by atoms with Gasteiger partial charge in [-0.2, -0.15) is 30.0 Å². The van der Waals surface area contributed by atoms with Crippen molar-refractivity contribution in [1.82, 2.24) is 9.78 Å². The second-order valence-corrected chi connectivity index (χ2v) is 5.27. The number of nitrogens with zero attached hydrogens (tertiary/aromatic N) is 2. The van der Waals surface area contributed by atoms with Gasteiger partial charge in [-0.15, -0.1) is 6.58 Å². The number of halogens is 4. The summed E-state index contributed by atoms with van der Waals surface area (Å²) in [7, 11) is 0. The van der Waals surface area contributed by atoms with Crippen LogP contribution in [-0.2, 0) is 6.54 Å². The maximum atomic E-state index is 12.2. The highest BCUT2D eigenvalue weighted by Gasteiger charge is 2.29. The van der Waals surface area contributed by atoms with E-state index in [1.54, 1.807) is 17.8 Å². The molecule has 0 saturated carbocycles. The topological polar surface area (TPSA) is 46.9 Å². The molecule has 1 rings (SSSR count). The molecule has 0 aliphatic carbocycles. The van der Waals surface area contributed by atoms with E-state index in [1.807, 2.05) is 0 Å². The van der Waals surface area contributed by atoms with Crippen LogP contribution in [0.1, 0.15) is 0 Å². The molecule has 0 aliphatic heterocycles. The number of hydrogen-bond donors (Lipinski definition) is 1. The zero-order valence-corrected chi connectivity index (χ0v) is 12.0. The Morgan fingerprint density at radius 1 is 1.55 bits per heavy atom. The Morgan fingerprint density at radius 3 is 2.85 bits per heavy atom. The molecular formula is C11H13ClF3N3OS. The third-order valence-electron chi connectivity index (χ3n) is 2.11. The minimum atomic E-state index is -4.52. The van der Waals surface area contributed by atoms with Crippen molar-refractivity contribution in [3.63, 3.8) is 0 Å². The predicted molar refractivity (Wildman–Crippen MR) is 75.6 cm³/mol. The number of aromatic nitrogens is 2. The van der Waals surface area contributed by atoms with Crippen LogP contribution in [0.3, 0.4) is 0 Å². The number of rotatable bonds is 7. The lowest BCUT2D eigenvalue weighted by molar-refractivity contribution is -0.143. The van der Waals surface area contributed by atoms with Crippen LogP contribution < -0.4 is 10.9 Å². The first kappa shape index (κ1) is 16.9. The largest absolute Gasteiger partial charge is 0.408 e. The van der Waals surface area contributed by atoms with Gasteiger partial charge in [-0.25, -0.2) is 4.68 Å². The van der Waals surface area contributed by atoms with Crippen LogP contribution in [0.25, 0.3) is 0 Å². The third-order valence-corrected chi connectivity index (χ3v) is 3.44.